The Morgan fingerprint density at radius 3 is 2.50 bits per heavy atom. The largest absolute Gasteiger partial charge is 0.418 e. The summed E-state index contributed by atoms with van der Waals surface area (Å²) in [6.07, 6.45) is -4.38. The lowest BCUT2D eigenvalue weighted by Gasteiger charge is -2.12. The van der Waals surface area contributed by atoms with Crippen LogP contribution in [-0.4, -0.2) is 6.41 Å². The molecule has 14 heavy (non-hydrogen) atoms. The fraction of sp³-hybridized carbons (Fsp3) is 0.125. The van der Waals surface area contributed by atoms with Gasteiger partial charge in [0.25, 0.3) is 0 Å². The molecule has 1 N–H and O–H groups in total. The molecule has 0 spiro atoms. The number of rotatable bonds is 2. The number of alkyl halides is 3. The van der Waals surface area contributed by atoms with Crippen LogP contribution in [0.15, 0.2) is 18.2 Å². The van der Waals surface area contributed by atoms with E-state index in [1.165, 1.54) is 12.1 Å². The SMILES string of the molecule is O=CNc1c(Cl)cccc1C(F)(F)F. The molecule has 1 aromatic rings. The second-order valence-corrected chi connectivity index (χ2v) is 2.83. The minimum absolute atomic E-state index is 0.146. The average Bonchev–Trinajstić information content (AvgIpc) is 2.07. The summed E-state index contributed by atoms with van der Waals surface area (Å²) in [6.45, 7) is 0. The van der Waals surface area contributed by atoms with E-state index in [4.69, 9.17) is 11.6 Å². The first-order valence-electron chi connectivity index (χ1n) is 3.52. The van der Waals surface area contributed by atoms with Crippen molar-refractivity contribution in [2.75, 3.05) is 5.32 Å². The van der Waals surface area contributed by atoms with Gasteiger partial charge < -0.3 is 5.32 Å². The van der Waals surface area contributed by atoms with Crippen LogP contribution in [0.4, 0.5) is 18.9 Å². The van der Waals surface area contributed by atoms with Gasteiger partial charge in [-0.3, -0.25) is 4.79 Å². The number of anilines is 1. The van der Waals surface area contributed by atoms with Crippen LogP contribution in [0.5, 0.6) is 0 Å². The van der Waals surface area contributed by atoms with Gasteiger partial charge in [-0.25, -0.2) is 0 Å². The van der Waals surface area contributed by atoms with Gasteiger partial charge >= 0.3 is 6.18 Å². The number of hydrogen-bond acceptors (Lipinski definition) is 1. The first-order valence-corrected chi connectivity index (χ1v) is 3.90. The maximum absolute atomic E-state index is 12.3. The highest BCUT2D eigenvalue weighted by Crippen LogP contribution is 2.37. The fourth-order valence-corrected chi connectivity index (χ4v) is 1.20. The Labute approximate surface area is 82.7 Å². The van der Waals surface area contributed by atoms with E-state index in [0.717, 1.165) is 6.07 Å². The summed E-state index contributed by atoms with van der Waals surface area (Å²) in [5, 5.41) is 1.77. The molecule has 0 heterocycles. The van der Waals surface area contributed by atoms with Gasteiger partial charge in [-0.1, -0.05) is 17.7 Å². The van der Waals surface area contributed by atoms with Crippen molar-refractivity contribution in [1.29, 1.82) is 0 Å². The topological polar surface area (TPSA) is 29.1 Å². The van der Waals surface area contributed by atoms with Crippen LogP contribution in [0.3, 0.4) is 0 Å². The van der Waals surface area contributed by atoms with E-state index in [1.54, 1.807) is 0 Å². The number of hydrogen-bond donors (Lipinski definition) is 1. The Morgan fingerprint density at radius 1 is 1.36 bits per heavy atom. The van der Waals surface area contributed by atoms with Crippen molar-refractivity contribution in [1.82, 2.24) is 0 Å². The summed E-state index contributed by atoms with van der Waals surface area (Å²) in [5.74, 6) is 0. The van der Waals surface area contributed by atoms with Gasteiger partial charge in [-0.15, -0.1) is 0 Å². The summed E-state index contributed by atoms with van der Waals surface area (Å²) < 4.78 is 37.0. The molecular weight excluding hydrogens is 219 g/mol. The second-order valence-electron chi connectivity index (χ2n) is 2.42. The van der Waals surface area contributed by atoms with Crippen molar-refractivity contribution in [3.8, 4) is 0 Å². The predicted molar refractivity (Wildman–Crippen MR) is 46.1 cm³/mol. The highest BCUT2D eigenvalue weighted by Gasteiger charge is 2.34. The zero-order valence-corrected chi connectivity index (χ0v) is 7.49. The molecule has 1 rings (SSSR count). The molecule has 0 atom stereocenters. The van der Waals surface area contributed by atoms with Gasteiger partial charge in [0.15, 0.2) is 0 Å². The van der Waals surface area contributed by atoms with Gasteiger partial charge in [0.05, 0.1) is 16.3 Å². The molecule has 1 amide bonds. The Balaban J connectivity index is 3.28. The van der Waals surface area contributed by atoms with Gasteiger partial charge in [-0.2, -0.15) is 13.2 Å². The minimum Gasteiger partial charge on any atom is -0.327 e. The zero-order valence-electron chi connectivity index (χ0n) is 6.73. The van der Waals surface area contributed by atoms with E-state index in [9.17, 15) is 18.0 Å². The molecule has 0 fully saturated rings. The third-order valence-corrected chi connectivity index (χ3v) is 1.84. The summed E-state index contributed by atoms with van der Waals surface area (Å²) >= 11 is 5.49. The van der Waals surface area contributed by atoms with E-state index in [-0.39, 0.29) is 11.4 Å². The lowest BCUT2D eigenvalue weighted by atomic mass is 10.1. The minimum atomic E-state index is -4.53. The highest BCUT2D eigenvalue weighted by atomic mass is 35.5. The van der Waals surface area contributed by atoms with Gasteiger partial charge in [0.1, 0.15) is 0 Å². The molecule has 1 aromatic carbocycles. The van der Waals surface area contributed by atoms with Crippen molar-refractivity contribution in [2.45, 2.75) is 6.18 Å². The molecule has 0 radical (unpaired) electrons. The van der Waals surface area contributed by atoms with Crippen molar-refractivity contribution in [2.24, 2.45) is 0 Å². The lowest BCUT2D eigenvalue weighted by Crippen LogP contribution is -2.10. The summed E-state index contributed by atoms with van der Waals surface area (Å²) in [4.78, 5) is 10.1. The second kappa shape index (κ2) is 3.88. The van der Waals surface area contributed by atoms with E-state index >= 15 is 0 Å². The lowest BCUT2D eigenvalue weighted by molar-refractivity contribution is -0.136. The predicted octanol–water partition coefficient (Wildman–Crippen LogP) is 2.93. The number of para-hydroxylation sites is 1. The average molecular weight is 224 g/mol. The van der Waals surface area contributed by atoms with Crippen LogP contribution in [0.2, 0.25) is 5.02 Å². The first kappa shape index (κ1) is 10.8. The van der Waals surface area contributed by atoms with E-state index in [0.29, 0.717) is 0 Å². The Kier molecular flexibility index (Phi) is 3.00. The molecule has 0 bridgehead atoms. The Bertz CT molecular complexity index is 351. The van der Waals surface area contributed by atoms with Crippen molar-refractivity contribution in [3.05, 3.63) is 28.8 Å². The molecule has 6 heteroatoms. The van der Waals surface area contributed by atoms with Crippen molar-refractivity contribution in [3.63, 3.8) is 0 Å². The van der Waals surface area contributed by atoms with E-state index < -0.39 is 17.4 Å². The summed E-state index contributed by atoms with van der Waals surface area (Å²) in [6, 6.07) is 3.28. The van der Waals surface area contributed by atoms with Gasteiger partial charge in [0, 0.05) is 0 Å². The summed E-state index contributed by atoms with van der Waals surface area (Å²) in [5.41, 5.74) is -1.38. The highest BCUT2D eigenvalue weighted by molar-refractivity contribution is 6.33. The van der Waals surface area contributed by atoms with E-state index in [2.05, 4.69) is 0 Å². The van der Waals surface area contributed by atoms with Crippen LogP contribution in [0.25, 0.3) is 0 Å². The third-order valence-electron chi connectivity index (χ3n) is 1.52. The van der Waals surface area contributed by atoms with Crippen LogP contribution >= 0.6 is 11.6 Å². The van der Waals surface area contributed by atoms with Gasteiger partial charge in [-0.05, 0) is 12.1 Å². The molecule has 0 saturated heterocycles. The number of carbonyl (C=O) groups excluding carboxylic acids is 1. The number of nitrogens with one attached hydrogen (secondary N) is 1. The van der Waals surface area contributed by atoms with Crippen molar-refractivity contribution >= 4 is 23.7 Å². The van der Waals surface area contributed by atoms with Crippen LogP contribution in [0, 0.1) is 0 Å². The molecule has 0 aliphatic heterocycles. The zero-order chi connectivity index (χ0) is 10.8. The van der Waals surface area contributed by atoms with Crippen LogP contribution in [0.1, 0.15) is 5.56 Å². The van der Waals surface area contributed by atoms with E-state index in [1.807, 2.05) is 5.32 Å². The monoisotopic (exact) mass is 223 g/mol. The molecule has 0 aliphatic carbocycles. The Hall–Kier alpha value is -1.23. The maximum Gasteiger partial charge on any atom is 0.418 e. The quantitative estimate of drug-likeness (QED) is 0.768. The number of halogens is 4. The van der Waals surface area contributed by atoms with Crippen molar-refractivity contribution < 1.29 is 18.0 Å². The fourth-order valence-electron chi connectivity index (χ4n) is 0.966. The molecule has 0 unspecified atom stereocenters. The molecular formula is C8H5ClF3NO. The molecule has 0 aromatic heterocycles. The summed E-state index contributed by atoms with van der Waals surface area (Å²) in [7, 11) is 0. The molecule has 76 valence electrons. The number of carbonyl (C=O) groups is 1. The smallest absolute Gasteiger partial charge is 0.327 e. The van der Waals surface area contributed by atoms with Crippen LogP contribution < -0.4 is 5.32 Å². The normalized spacial score (nSPS) is 11.1. The standard InChI is InChI=1S/C8H5ClF3NO/c9-6-3-1-2-5(8(10,11)12)7(6)13-4-14/h1-4H,(H,13,14). The number of amides is 1. The first-order chi connectivity index (χ1) is 6.46. The van der Waals surface area contributed by atoms with Crippen LogP contribution in [-0.2, 0) is 11.0 Å². The third kappa shape index (κ3) is 2.17. The maximum atomic E-state index is 12.3. The molecule has 2 nitrogen and oxygen atoms in total. The van der Waals surface area contributed by atoms with Gasteiger partial charge in [0.2, 0.25) is 6.41 Å². The number of benzene rings is 1. The Morgan fingerprint density at radius 2 is 2.00 bits per heavy atom. The molecule has 0 aliphatic rings. The molecule has 0 saturated carbocycles.